The quantitative estimate of drug-likeness (QED) is 0.461. The molecule has 0 aliphatic carbocycles. The molecule has 0 spiro atoms. The van der Waals surface area contributed by atoms with Gasteiger partial charge < -0.3 is 5.32 Å². The van der Waals surface area contributed by atoms with Gasteiger partial charge >= 0.3 is 0 Å². The first-order valence-electron chi connectivity index (χ1n) is 9.10. The van der Waals surface area contributed by atoms with Gasteiger partial charge in [0.05, 0.1) is 10.6 Å². The molecule has 150 valence electrons. The number of anilines is 1. The molecule has 1 aliphatic heterocycles. The largest absolute Gasteiger partial charge is 0.324 e. The van der Waals surface area contributed by atoms with Crippen molar-refractivity contribution in [3.63, 3.8) is 0 Å². The molecule has 30 heavy (non-hydrogen) atoms. The van der Waals surface area contributed by atoms with Crippen molar-refractivity contribution in [2.24, 2.45) is 0 Å². The molecule has 9 heteroatoms. The lowest BCUT2D eigenvalue weighted by molar-refractivity contribution is -0.122. The van der Waals surface area contributed by atoms with Crippen molar-refractivity contribution < 1.29 is 14.2 Å². The van der Waals surface area contributed by atoms with Gasteiger partial charge in [-0.3, -0.25) is 14.5 Å². The SMILES string of the molecule is O=C(CCN1C(=O)/C(=C/C=C/c2ccccc2)SC1=S)Nc1cccc2nonc12. The van der Waals surface area contributed by atoms with Gasteiger partial charge in [-0.05, 0) is 34.1 Å². The number of fused-ring (bicyclic) bond motifs is 1. The van der Waals surface area contributed by atoms with E-state index in [0.29, 0.717) is 25.9 Å². The van der Waals surface area contributed by atoms with E-state index in [-0.39, 0.29) is 24.8 Å². The van der Waals surface area contributed by atoms with Crippen molar-refractivity contribution in [2.45, 2.75) is 6.42 Å². The molecule has 2 amide bonds. The van der Waals surface area contributed by atoms with E-state index >= 15 is 0 Å². The highest BCUT2D eigenvalue weighted by atomic mass is 32.2. The first kappa shape index (κ1) is 20.0. The van der Waals surface area contributed by atoms with Crippen LogP contribution in [-0.2, 0) is 9.59 Å². The van der Waals surface area contributed by atoms with E-state index in [2.05, 4.69) is 15.6 Å². The smallest absolute Gasteiger partial charge is 0.266 e. The van der Waals surface area contributed by atoms with E-state index in [1.165, 1.54) is 16.7 Å². The summed E-state index contributed by atoms with van der Waals surface area (Å²) in [5.74, 6) is -0.453. The third-order valence-electron chi connectivity index (χ3n) is 4.33. The van der Waals surface area contributed by atoms with Crippen molar-refractivity contribution in [3.05, 3.63) is 71.2 Å². The molecule has 1 aliphatic rings. The Hall–Kier alpha value is -3.30. The molecule has 0 unspecified atom stereocenters. The van der Waals surface area contributed by atoms with Crippen molar-refractivity contribution in [3.8, 4) is 0 Å². The Labute approximate surface area is 181 Å². The number of hydrogen-bond acceptors (Lipinski definition) is 7. The third kappa shape index (κ3) is 4.47. The van der Waals surface area contributed by atoms with Gasteiger partial charge in [0.15, 0.2) is 5.52 Å². The molecule has 0 atom stereocenters. The molecule has 1 saturated heterocycles. The van der Waals surface area contributed by atoms with E-state index in [1.807, 2.05) is 42.5 Å². The Kier molecular flexibility index (Phi) is 6.01. The van der Waals surface area contributed by atoms with E-state index in [0.717, 1.165) is 5.56 Å². The average Bonchev–Trinajstić information content (AvgIpc) is 3.33. The standard InChI is InChI=1S/C21H16N4O3S2/c26-18(22-15-9-5-10-16-19(15)24-28-23-16)12-13-25-20(27)17(30-21(25)29)11-4-8-14-6-2-1-3-7-14/h1-11H,12-13H2,(H,22,26)/b8-4+,17-11-. The highest BCUT2D eigenvalue weighted by Gasteiger charge is 2.31. The molecular weight excluding hydrogens is 420 g/mol. The van der Waals surface area contributed by atoms with E-state index in [4.69, 9.17) is 16.8 Å². The minimum atomic E-state index is -0.257. The molecule has 1 fully saturated rings. The summed E-state index contributed by atoms with van der Waals surface area (Å²) in [5.41, 5.74) is 2.58. The zero-order chi connectivity index (χ0) is 20.9. The fraction of sp³-hybridized carbons (Fsp3) is 0.0952. The molecule has 2 heterocycles. The van der Waals surface area contributed by atoms with Crippen LogP contribution in [0.3, 0.4) is 0 Å². The molecule has 0 bridgehead atoms. The molecular formula is C21H16N4O3S2. The van der Waals surface area contributed by atoms with Gasteiger partial charge in [-0.15, -0.1) is 0 Å². The lowest BCUT2D eigenvalue weighted by atomic mass is 10.2. The molecule has 2 aromatic carbocycles. The summed E-state index contributed by atoms with van der Waals surface area (Å²) in [5, 5.41) is 10.3. The van der Waals surface area contributed by atoms with Gasteiger partial charge in [-0.25, -0.2) is 4.63 Å². The first-order chi connectivity index (χ1) is 14.6. The summed E-state index contributed by atoms with van der Waals surface area (Å²) in [4.78, 5) is 27.0. The number of carbonyl (C=O) groups is 2. The van der Waals surface area contributed by atoms with Gasteiger partial charge in [-0.1, -0.05) is 72.5 Å². The predicted molar refractivity (Wildman–Crippen MR) is 121 cm³/mol. The molecule has 0 radical (unpaired) electrons. The number of thiocarbonyl (C=S) groups is 1. The number of thioether (sulfide) groups is 1. The Bertz CT molecular complexity index is 1170. The average molecular weight is 437 g/mol. The summed E-state index contributed by atoms with van der Waals surface area (Å²) in [7, 11) is 0. The van der Waals surface area contributed by atoms with E-state index in [9.17, 15) is 9.59 Å². The first-order valence-corrected chi connectivity index (χ1v) is 10.3. The van der Waals surface area contributed by atoms with E-state index < -0.39 is 0 Å². The second-order valence-corrected chi connectivity index (χ2v) is 8.04. The van der Waals surface area contributed by atoms with Crippen LogP contribution in [0.2, 0.25) is 0 Å². The molecule has 4 rings (SSSR count). The Balaban J connectivity index is 1.35. The second kappa shape index (κ2) is 9.02. The molecule has 0 saturated carbocycles. The molecule has 7 nitrogen and oxygen atoms in total. The van der Waals surface area contributed by atoms with Crippen LogP contribution < -0.4 is 5.32 Å². The predicted octanol–water partition coefficient (Wildman–Crippen LogP) is 4.01. The number of amides is 2. The summed E-state index contributed by atoms with van der Waals surface area (Å²) in [6.45, 7) is 0.198. The Morgan fingerprint density at radius 3 is 2.83 bits per heavy atom. The molecule has 1 N–H and O–H groups in total. The van der Waals surface area contributed by atoms with Gasteiger partial charge in [0, 0.05) is 13.0 Å². The van der Waals surface area contributed by atoms with Crippen LogP contribution in [0.4, 0.5) is 5.69 Å². The van der Waals surface area contributed by atoms with Gasteiger partial charge in [0.1, 0.15) is 9.84 Å². The summed E-state index contributed by atoms with van der Waals surface area (Å²) < 4.78 is 5.13. The second-order valence-electron chi connectivity index (χ2n) is 6.36. The number of allylic oxidation sites excluding steroid dienone is 2. The van der Waals surface area contributed by atoms with Crippen LogP contribution in [-0.4, -0.2) is 37.9 Å². The number of nitrogens with zero attached hydrogens (tertiary/aromatic N) is 3. The van der Waals surface area contributed by atoms with Gasteiger partial charge in [-0.2, -0.15) is 0 Å². The zero-order valence-corrected chi connectivity index (χ0v) is 17.3. The lowest BCUT2D eigenvalue weighted by Gasteiger charge is -2.14. The van der Waals surface area contributed by atoms with Crippen LogP contribution in [0.5, 0.6) is 0 Å². The number of rotatable bonds is 6. The highest BCUT2D eigenvalue weighted by Crippen LogP contribution is 2.31. The maximum absolute atomic E-state index is 12.6. The van der Waals surface area contributed by atoms with Crippen LogP contribution in [0, 0.1) is 0 Å². The Morgan fingerprint density at radius 1 is 1.17 bits per heavy atom. The maximum Gasteiger partial charge on any atom is 0.266 e. The molecule has 1 aromatic heterocycles. The monoisotopic (exact) mass is 436 g/mol. The maximum atomic E-state index is 12.6. The lowest BCUT2D eigenvalue weighted by Crippen LogP contribution is -2.31. The summed E-state index contributed by atoms with van der Waals surface area (Å²) >= 11 is 6.54. The number of carbonyl (C=O) groups excluding carboxylic acids is 2. The van der Waals surface area contributed by atoms with E-state index in [1.54, 1.807) is 24.3 Å². The number of nitrogens with one attached hydrogen (secondary N) is 1. The van der Waals surface area contributed by atoms with Crippen LogP contribution in [0.15, 0.2) is 70.2 Å². The number of benzene rings is 2. The minimum absolute atomic E-state index is 0.0985. The van der Waals surface area contributed by atoms with Gasteiger partial charge in [0.2, 0.25) is 5.91 Å². The topological polar surface area (TPSA) is 88.3 Å². The van der Waals surface area contributed by atoms with Crippen LogP contribution in [0.25, 0.3) is 17.1 Å². The minimum Gasteiger partial charge on any atom is -0.324 e. The van der Waals surface area contributed by atoms with Crippen molar-refractivity contribution in [2.75, 3.05) is 11.9 Å². The molecule has 3 aromatic rings. The van der Waals surface area contributed by atoms with Crippen molar-refractivity contribution in [1.29, 1.82) is 0 Å². The summed E-state index contributed by atoms with van der Waals surface area (Å²) in [6, 6.07) is 15.0. The Morgan fingerprint density at radius 2 is 2.00 bits per heavy atom. The number of hydrogen-bond donors (Lipinski definition) is 1. The zero-order valence-electron chi connectivity index (χ0n) is 15.6. The third-order valence-corrected chi connectivity index (χ3v) is 5.73. The highest BCUT2D eigenvalue weighted by molar-refractivity contribution is 8.26. The normalized spacial score (nSPS) is 15.6. The fourth-order valence-corrected chi connectivity index (χ4v) is 4.11. The van der Waals surface area contributed by atoms with Crippen molar-refractivity contribution >= 4 is 62.9 Å². The van der Waals surface area contributed by atoms with Gasteiger partial charge in [0.25, 0.3) is 5.91 Å². The van der Waals surface area contributed by atoms with Crippen LogP contribution in [0.1, 0.15) is 12.0 Å². The fourth-order valence-electron chi connectivity index (χ4n) is 2.85. The summed E-state index contributed by atoms with van der Waals surface area (Å²) in [6.07, 6.45) is 5.58. The van der Waals surface area contributed by atoms with Crippen molar-refractivity contribution in [1.82, 2.24) is 15.2 Å². The number of aromatic nitrogens is 2. The van der Waals surface area contributed by atoms with Crippen LogP contribution >= 0.6 is 24.0 Å².